The molecule has 3 rings (SSSR count). The van der Waals surface area contributed by atoms with Gasteiger partial charge < -0.3 is 9.72 Å². The molecule has 116 valence electrons. The highest BCUT2D eigenvalue weighted by Gasteiger charge is 2.27. The Balaban J connectivity index is 1.88. The zero-order chi connectivity index (χ0) is 15.5. The minimum Gasteiger partial charge on any atom is -0.378 e. The van der Waals surface area contributed by atoms with E-state index in [4.69, 9.17) is 4.74 Å². The first kappa shape index (κ1) is 14.8. The van der Waals surface area contributed by atoms with Crippen LogP contribution in [0.4, 0.5) is 4.39 Å². The van der Waals surface area contributed by atoms with Gasteiger partial charge in [0.25, 0.3) is 5.56 Å². The molecule has 0 spiro atoms. The van der Waals surface area contributed by atoms with Gasteiger partial charge in [0, 0.05) is 25.4 Å². The molecule has 6 nitrogen and oxygen atoms in total. The summed E-state index contributed by atoms with van der Waals surface area (Å²) in [5, 5.41) is 0. The third-order valence-corrected chi connectivity index (χ3v) is 3.65. The normalized spacial score (nSPS) is 19.3. The molecule has 1 aliphatic heterocycles. The van der Waals surface area contributed by atoms with Gasteiger partial charge in [-0.05, 0) is 19.1 Å². The summed E-state index contributed by atoms with van der Waals surface area (Å²) in [6.07, 6.45) is 1.57. The van der Waals surface area contributed by atoms with Gasteiger partial charge in [0.1, 0.15) is 11.6 Å². The van der Waals surface area contributed by atoms with E-state index >= 15 is 0 Å². The van der Waals surface area contributed by atoms with Gasteiger partial charge >= 0.3 is 0 Å². The maximum atomic E-state index is 13.8. The number of hydrogen-bond donors (Lipinski definition) is 1. The van der Waals surface area contributed by atoms with E-state index < -0.39 is 0 Å². The summed E-state index contributed by atoms with van der Waals surface area (Å²) in [5.74, 6) is 0.222. The molecule has 2 aromatic rings. The van der Waals surface area contributed by atoms with E-state index in [-0.39, 0.29) is 17.4 Å². The molecular weight excluding hydrogens is 287 g/mol. The largest absolute Gasteiger partial charge is 0.378 e. The Bertz CT molecular complexity index is 719. The first-order valence-corrected chi connectivity index (χ1v) is 7.12. The molecule has 0 bridgehead atoms. The molecule has 0 aromatic carbocycles. The molecule has 0 amide bonds. The number of aryl methyl sites for hydroxylation is 1. The van der Waals surface area contributed by atoms with E-state index in [9.17, 15) is 9.18 Å². The number of nitrogens with one attached hydrogen (secondary N) is 1. The van der Waals surface area contributed by atoms with E-state index in [1.165, 1.54) is 12.1 Å². The summed E-state index contributed by atoms with van der Waals surface area (Å²) < 4.78 is 19.3. The smallest absolute Gasteiger partial charge is 0.251 e. The van der Waals surface area contributed by atoms with Crippen LogP contribution in [0.15, 0.2) is 29.2 Å². The Morgan fingerprint density at radius 3 is 3.18 bits per heavy atom. The van der Waals surface area contributed by atoms with Crippen molar-refractivity contribution in [3.63, 3.8) is 0 Å². The van der Waals surface area contributed by atoms with Gasteiger partial charge in [-0.1, -0.05) is 0 Å². The lowest BCUT2D eigenvalue weighted by molar-refractivity contribution is -0.0154. The molecular formula is C15H17FN4O2. The molecule has 1 N–H and O–H groups in total. The van der Waals surface area contributed by atoms with Crippen LogP contribution in [0.3, 0.4) is 0 Å². The highest BCUT2D eigenvalue weighted by molar-refractivity contribution is 5.12. The minimum atomic E-state index is -0.331. The minimum absolute atomic E-state index is 0.184. The van der Waals surface area contributed by atoms with Crippen molar-refractivity contribution in [2.45, 2.75) is 19.5 Å². The van der Waals surface area contributed by atoms with Crippen LogP contribution >= 0.6 is 0 Å². The molecule has 0 saturated carbocycles. The van der Waals surface area contributed by atoms with Gasteiger partial charge in [0.15, 0.2) is 0 Å². The van der Waals surface area contributed by atoms with E-state index in [0.29, 0.717) is 43.5 Å². The molecule has 1 aliphatic rings. The molecule has 1 unspecified atom stereocenters. The SMILES string of the molecule is Cc1nc(C2COCCN2Cc2ncccc2F)cc(=O)[nH]1. The van der Waals surface area contributed by atoms with Gasteiger partial charge in [-0.15, -0.1) is 0 Å². The number of hydrogen-bond acceptors (Lipinski definition) is 5. The van der Waals surface area contributed by atoms with Gasteiger partial charge in [-0.2, -0.15) is 0 Å². The average Bonchev–Trinajstić information content (AvgIpc) is 2.49. The van der Waals surface area contributed by atoms with Crippen molar-refractivity contribution in [2.75, 3.05) is 19.8 Å². The van der Waals surface area contributed by atoms with Crippen LogP contribution in [-0.4, -0.2) is 39.6 Å². The Hall–Kier alpha value is -2.12. The summed E-state index contributed by atoms with van der Waals surface area (Å²) in [6, 6.07) is 4.25. The fourth-order valence-electron chi connectivity index (χ4n) is 2.60. The number of rotatable bonds is 3. The Kier molecular flexibility index (Phi) is 4.26. The number of H-pyrrole nitrogens is 1. The van der Waals surface area contributed by atoms with Crippen molar-refractivity contribution in [1.29, 1.82) is 0 Å². The average molecular weight is 304 g/mol. The molecule has 1 saturated heterocycles. The Morgan fingerprint density at radius 2 is 2.41 bits per heavy atom. The lowest BCUT2D eigenvalue weighted by Gasteiger charge is -2.34. The first-order chi connectivity index (χ1) is 10.6. The van der Waals surface area contributed by atoms with Gasteiger partial charge in [-0.25, -0.2) is 9.37 Å². The second kappa shape index (κ2) is 6.33. The quantitative estimate of drug-likeness (QED) is 0.922. The summed E-state index contributed by atoms with van der Waals surface area (Å²) in [5.41, 5.74) is 0.824. The standard InChI is InChI=1S/C15H17FN4O2/c1-10-18-12(7-15(21)19-10)14-9-22-6-5-20(14)8-13-11(16)3-2-4-17-13/h2-4,7,14H,5-6,8-9H2,1H3,(H,18,19,21). The number of nitrogens with zero attached hydrogens (tertiary/aromatic N) is 3. The van der Waals surface area contributed by atoms with Gasteiger partial charge in [0.2, 0.25) is 0 Å². The summed E-state index contributed by atoms with van der Waals surface area (Å²) in [7, 11) is 0. The molecule has 0 aliphatic carbocycles. The molecule has 7 heteroatoms. The van der Waals surface area contributed by atoms with E-state index in [2.05, 4.69) is 15.0 Å². The van der Waals surface area contributed by atoms with Crippen molar-refractivity contribution in [2.24, 2.45) is 0 Å². The van der Waals surface area contributed by atoms with E-state index in [1.54, 1.807) is 19.2 Å². The molecule has 2 aromatic heterocycles. The molecule has 0 radical (unpaired) electrons. The lowest BCUT2D eigenvalue weighted by Crippen LogP contribution is -2.40. The first-order valence-electron chi connectivity index (χ1n) is 7.12. The Labute approximate surface area is 127 Å². The maximum Gasteiger partial charge on any atom is 0.251 e. The van der Waals surface area contributed by atoms with Crippen LogP contribution in [0.25, 0.3) is 0 Å². The summed E-state index contributed by atoms with van der Waals surface area (Å²) in [4.78, 5) is 24.8. The van der Waals surface area contributed by atoms with Crippen LogP contribution in [0.2, 0.25) is 0 Å². The lowest BCUT2D eigenvalue weighted by atomic mass is 10.1. The van der Waals surface area contributed by atoms with Crippen molar-refractivity contribution in [3.05, 3.63) is 57.8 Å². The third-order valence-electron chi connectivity index (χ3n) is 3.65. The number of aromatic nitrogens is 3. The zero-order valence-corrected chi connectivity index (χ0v) is 12.3. The second-order valence-corrected chi connectivity index (χ2v) is 5.25. The highest BCUT2D eigenvalue weighted by atomic mass is 19.1. The van der Waals surface area contributed by atoms with Crippen molar-refractivity contribution in [1.82, 2.24) is 19.9 Å². The Morgan fingerprint density at radius 1 is 1.55 bits per heavy atom. The number of morpholine rings is 1. The predicted molar refractivity (Wildman–Crippen MR) is 77.8 cm³/mol. The van der Waals surface area contributed by atoms with E-state index in [0.717, 1.165) is 0 Å². The number of pyridine rings is 1. The van der Waals surface area contributed by atoms with Gasteiger partial charge in [-0.3, -0.25) is 14.7 Å². The van der Waals surface area contributed by atoms with Gasteiger partial charge in [0.05, 0.1) is 30.6 Å². The topological polar surface area (TPSA) is 71.1 Å². The van der Waals surface area contributed by atoms with Crippen molar-refractivity contribution >= 4 is 0 Å². The zero-order valence-electron chi connectivity index (χ0n) is 12.3. The number of halogens is 1. The molecule has 1 atom stereocenters. The van der Waals surface area contributed by atoms with Crippen LogP contribution in [0, 0.1) is 12.7 Å². The molecule has 3 heterocycles. The van der Waals surface area contributed by atoms with Crippen molar-refractivity contribution < 1.29 is 9.13 Å². The van der Waals surface area contributed by atoms with Crippen LogP contribution in [0.1, 0.15) is 23.3 Å². The summed E-state index contributed by atoms with van der Waals surface area (Å²) >= 11 is 0. The molecule has 1 fully saturated rings. The third kappa shape index (κ3) is 3.20. The van der Waals surface area contributed by atoms with Crippen LogP contribution in [0.5, 0.6) is 0 Å². The highest BCUT2D eigenvalue weighted by Crippen LogP contribution is 2.24. The number of aromatic amines is 1. The second-order valence-electron chi connectivity index (χ2n) is 5.25. The molecule has 22 heavy (non-hydrogen) atoms. The predicted octanol–water partition coefficient (Wildman–Crippen LogP) is 1.19. The fraction of sp³-hybridized carbons (Fsp3) is 0.400. The maximum absolute atomic E-state index is 13.8. The van der Waals surface area contributed by atoms with E-state index in [1.807, 2.05) is 4.90 Å². The summed E-state index contributed by atoms with van der Waals surface area (Å²) in [6.45, 7) is 3.71. The van der Waals surface area contributed by atoms with Crippen LogP contribution in [-0.2, 0) is 11.3 Å². The van der Waals surface area contributed by atoms with Crippen LogP contribution < -0.4 is 5.56 Å². The van der Waals surface area contributed by atoms with Crippen molar-refractivity contribution in [3.8, 4) is 0 Å². The monoisotopic (exact) mass is 304 g/mol. The fourth-order valence-corrected chi connectivity index (χ4v) is 2.60. The number of ether oxygens (including phenoxy) is 1.